The van der Waals surface area contributed by atoms with Crippen LogP contribution in [0.25, 0.3) is 0 Å². The number of ether oxygens (including phenoxy) is 1. The first kappa shape index (κ1) is 20.3. The van der Waals surface area contributed by atoms with Crippen LogP contribution in [-0.2, 0) is 9.53 Å². The van der Waals surface area contributed by atoms with E-state index in [0.29, 0.717) is 6.42 Å². The third-order valence-electron chi connectivity index (χ3n) is 3.23. The van der Waals surface area contributed by atoms with Gasteiger partial charge in [0.15, 0.2) is 17.5 Å². The lowest BCUT2D eigenvalue weighted by Crippen LogP contribution is -2.30. The molecule has 0 aromatic heterocycles. The number of hydrogen-bond acceptors (Lipinski definition) is 6. The van der Waals surface area contributed by atoms with Gasteiger partial charge in [0.2, 0.25) is 5.82 Å². The van der Waals surface area contributed by atoms with Crippen molar-refractivity contribution in [3.63, 3.8) is 0 Å². The molecule has 0 N–H and O–H groups in total. The van der Waals surface area contributed by atoms with Crippen LogP contribution < -0.4 is 0 Å². The number of aliphatic imine (C=N–C) groups is 1. The second kappa shape index (κ2) is 8.36. The van der Waals surface area contributed by atoms with Gasteiger partial charge in [-0.1, -0.05) is 6.92 Å². The highest BCUT2D eigenvalue weighted by Gasteiger charge is 2.39. The summed E-state index contributed by atoms with van der Waals surface area (Å²) in [6.07, 6.45) is 1.22. The molecule has 25 heavy (non-hydrogen) atoms. The minimum Gasteiger partial charge on any atom is -0.465 e. The van der Waals surface area contributed by atoms with Gasteiger partial charge in [-0.3, -0.25) is 24.7 Å². The predicted octanol–water partition coefficient (Wildman–Crippen LogP) is 2.77. The number of Topliss-reactive ketones (excluding diaryl/α,β-unsaturated/α-hetero) is 1. The van der Waals surface area contributed by atoms with Crippen molar-refractivity contribution in [1.82, 2.24) is 0 Å². The summed E-state index contributed by atoms with van der Waals surface area (Å²) in [5, 5.41) is 11.0. The number of nitrogens with zero attached hydrogens (tertiary/aromatic N) is 2. The fraction of sp³-hybridized carbons (Fsp3) is 0.400. The smallest absolute Gasteiger partial charge is 0.322 e. The van der Waals surface area contributed by atoms with E-state index in [1.54, 1.807) is 6.92 Å². The van der Waals surface area contributed by atoms with Gasteiger partial charge in [0.1, 0.15) is 11.4 Å². The minimum absolute atomic E-state index is 0.0540. The third kappa shape index (κ3) is 4.01. The van der Waals surface area contributed by atoms with Crippen molar-refractivity contribution in [3.05, 3.63) is 38.7 Å². The molecular formula is C15H15F3N2O5. The Kier molecular flexibility index (Phi) is 6.77. The Morgan fingerprint density at radius 3 is 2.36 bits per heavy atom. The van der Waals surface area contributed by atoms with Gasteiger partial charge in [0.25, 0.3) is 0 Å². The molecule has 0 amide bonds. The molecule has 0 heterocycles. The first-order valence-electron chi connectivity index (χ1n) is 7.13. The summed E-state index contributed by atoms with van der Waals surface area (Å²) >= 11 is 0. The molecule has 0 aliphatic rings. The number of carbonyl (C=O) groups excluding carboxylic acids is 2. The van der Waals surface area contributed by atoms with Gasteiger partial charge in [-0.15, -0.1) is 0 Å². The molecule has 7 nitrogen and oxygen atoms in total. The molecule has 0 spiro atoms. The number of esters is 1. The molecular weight excluding hydrogens is 345 g/mol. The van der Waals surface area contributed by atoms with Crippen LogP contribution in [0.4, 0.5) is 18.9 Å². The highest BCUT2D eigenvalue weighted by Crippen LogP contribution is 2.32. The topological polar surface area (TPSA) is 98.9 Å². The van der Waals surface area contributed by atoms with Crippen molar-refractivity contribution in [3.8, 4) is 0 Å². The highest BCUT2D eigenvalue weighted by atomic mass is 19.2. The summed E-state index contributed by atoms with van der Waals surface area (Å²) in [7, 11) is 1.20. The molecule has 0 aliphatic heterocycles. The van der Waals surface area contributed by atoms with E-state index in [2.05, 4.69) is 4.99 Å². The van der Waals surface area contributed by atoms with E-state index in [0.717, 1.165) is 13.1 Å². The van der Waals surface area contributed by atoms with Crippen molar-refractivity contribution in [2.75, 3.05) is 13.7 Å². The van der Waals surface area contributed by atoms with Crippen molar-refractivity contribution in [2.45, 2.75) is 20.3 Å². The van der Waals surface area contributed by atoms with E-state index in [9.17, 15) is 32.9 Å². The fourth-order valence-electron chi connectivity index (χ4n) is 2.00. The number of nitro groups is 1. The molecule has 1 unspecified atom stereocenters. The number of hydrogen-bond donors (Lipinski definition) is 0. The zero-order chi connectivity index (χ0) is 19.3. The number of benzene rings is 1. The van der Waals surface area contributed by atoms with E-state index in [-0.39, 0.29) is 6.61 Å². The van der Waals surface area contributed by atoms with E-state index in [4.69, 9.17) is 4.74 Å². The molecule has 136 valence electrons. The molecule has 1 atom stereocenters. The van der Waals surface area contributed by atoms with Gasteiger partial charge in [0.05, 0.1) is 11.5 Å². The maximum absolute atomic E-state index is 14.3. The van der Waals surface area contributed by atoms with Crippen LogP contribution in [0.1, 0.15) is 29.3 Å². The van der Waals surface area contributed by atoms with E-state index < -0.39 is 56.9 Å². The molecule has 0 bridgehead atoms. The Hall–Kier alpha value is -2.78. The maximum atomic E-state index is 14.3. The maximum Gasteiger partial charge on any atom is 0.322 e. The zero-order valence-corrected chi connectivity index (χ0v) is 13.6. The van der Waals surface area contributed by atoms with E-state index in [1.165, 1.54) is 7.05 Å². The normalized spacial score (nSPS) is 12.2. The lowest BCUT2D eigenvalue weighted by molar-refractivity contribution is -0.388. The van der Waals surface area contributed by atoms with Gasteiger partial charge < -0.3 is 4.74 Å². The summed E-state index contributed by atoms with van der Waals surface area (Å²) in [5.41, 5.74) is -3.93. The summed E-state index contributed by atoms with van der Waals surface area (Å²) in [6, 6.07) is 0. The van der Waals surface area contributed by atoms with Crippen LogP contribution in [0.15, 0.2) is 4.99 Å². The van der Waals surface area contributed by atoms with Crippen molar-refractivity contribution in [2.24, 2.45) is 10.9 Å². The lowest BCUT2D eigenvalue weighted by atomic mass is 9.94. The number of ketones is 1. The number of halogens is 3. The van der Waals surface area contributed by atoms with Crippen molar-refractivity contribution >= 4 is 23.7 Å². The van der Waals surface area contributed by atoms with Gasteiger partial charge in [0, 0.05) is 18.8 Å². The third-order valence-corrected chi connectivity index (χ3v) is 3.23. The SMILES string of the molecule is CCCOC(=O)C(C=NC)C(=O)c1c(F)c(C)c(F)c(F)c1[N+](=O)[O-]. The quantitative estimate of drug-likeness (QED) is 0.142. The van der Waals surface area contributed by atoms with Crippen molar-refractivity contribution < 1.29 is 32.4 Å². The van der Waals surface area contributed by atoms with Crippen LogP contribution >= 0.6 is 0 Å². The predicted molar refractivity (Wildman–Crippen MR) is 81.2 cm³/mol. The molecule has 1 rings (SSSR count). The van der Waals surface area contributed by atoms with Gasteiger partial charge in [-0.05, 0) is 13.3 Å². The summed E-state index contributed by atoms with van der Waals surface area (Å²) in [5.74, 6) is -9.79. The molecule has 0 fully saturated rings. The van der Waals surface area contributed by atoms with Crippen LogP contribution in [0.2, 0.25) is 0 Å². The first-order valence-corrected chi connectivity index (χ1v) is 7.13. The van der Waals surface area contributed by atoms with Gasteiger partial charge in [-0.25, -0.2) is 8.78 Å². The molecule has 10 heteroatoms. The number of carbonyl (C=O) groups is 2. The monoisotopic (exact) mass is 360 g/mol. The zero-order valence-electron chi connectivity index (χ0n) is 13.6. The van der Waals surface area contributed by atoms with Crippen LogP contribution in [0.3, 0.4) is 0 Å². The van der Waals surface area contributed by atoms with Gasteiger partial charge in [-0.2, -0.15) is 4.39 Å². The largest absolute Gasteiger partial charge is 0.465 e. The summed E-state index contributed by atoms with van der Waals surface area (Å²) in [6.45, 7) is 2.44. The molecule has 0 saturated carbocycles. The summed E-state index contributed by atoms with van der Waals surface area (Å²) < 4.78 is 46.5. The van der Waals surface area contributed by atoms with E-state index in [1.807, 2.05) is 0 Å². The first-order chi connectivity index (χ1) is 11.7. The van der Waals surface area contributed by atoms with Crippen LogP contribution in [0, 0.1) is 40.4 Å². The van der Waals surface area contributed by atoms with Crippen LogP contribution in [-0.4, -0.2) is 36.5 Å². The highest BCUT2D eigenvalue weighted by molar-refractivity contribution is 6.20. The van der Waals surface area contributed by atoms with E-state index >= 15 is 0 Å². The standard InChI is InChI=1S/C15H15F3N2O5/c1-4-5-25-15(22)8(6-19-3)14(21)9-10(16)7(2)11(17)12(18)13(9)20(23)24/h6,8H,4-5H2,1-3H3. The average molecular weight is 360 g/mol. The van der Waals surface area contributed by atoms with Gasteiger partial charge >= 0.3 is 11.7 Å². The summed E-state index contributed by atoms with van der Waals surface area (Å²) in [4.78, 5) is 37.5. The Morgan fingerprint density at radius 1 is 1.28 bits per heavy atom. The Bertz CT molecular complexity index is 749. The Morgan fingerprint density at radius 2 is 1.88 bits per heavy atom. The second-order valence-corrected chi connectivity index (χ2v) is 4.96. The Balaban J connectivity index is 3.59. The molecule has 0 aliphatic carbocycles. The fourth-order valence-corrected chi connectivity index (χ4v) is 2.00. The second-order valence-electron chi connectivity index (χ2n) is 4.96. The Labute approximate surface area is 140 Å². The van der Waals surface area contributed by atoms with Crippen LogP contribution in [0.5, 0.6) is 0 Å². The van der Waals surface area contributed by atoms with Crippen molar-refractivity contribution in [1.29, 1.82) is 0 Å². The number of nitro benzene ring substituents is 1. The molecule has 1 aromatic rings. The lowest BCUT2D eigenvalue weighted by Gasteiger charge is -2.13. The minimum atomic E-state index is -1.98. The molecule has 0 radical (unpaired) electrons. The molecule has 0 saturated heterocycles. The molecule has 1 aromatic carbocycles. The average Bonchev–Trinajstić information content (AvgIpc) is 2.57. The number of rotatable bonds is 7.